The lowest BCUT2D eigenvalue weighted by atomic mass is 9.88. The Kier molecular flexibility index (Phi) is 7.70. The Morgan fingerprint density at radius 3 is 2.48 bits per heavy atom. The second kappa shape index (κ2) is 10.3. The third-order valence-corrected chi connectivity index (χ3v) is 7.16. The summed E-state index contributed by atoms with van der Waals surface area (Å²) >= 11 is 1.40. The molecule has 0 N–H and O–H groups in total. The van der Waals surface area contributed by atoms with Gasteiger partial charge >= 0.3 is 5.97 Å². The molecule has 31 heavy (non-hydrogen) atoms. The summed E-state index contributed by atoms with van der Waals surface area (Å²) in [6.45, 7) is 6.74. The molecule has 1 saturated carbocycles. The predicted molar refractivity (Wildman–Crippen MR) is 122 cm³/mol. The van der Waals surface area contributed by atoms with Crippen molar-refractivity contribution in [3.05, 3.63) is 44.9 Å². The van der Waals surface area contributed by atoms with E-state index < -0.39 is 5.97 Å². The molecule has 1 aliphatic carbocycles. The topological polar surface area (TPSA) is 68.6 Å². The maximum Gasteiger partial charge on any atom is 0.354 e. The molecule has 1 amide bonds. The molecule has 0 unspecified atom stereocenters. The first-order valence-electron chi connectivity index (χ1n) is 11.0. The number of carbonyl (C=O) groups is 3. The van der Waals surface area contributed by atoms with Crippen LogP contribution < -0.4 is 0 Å². The second-order valence-corrected chi connectivity index (χ2v) is 9.21. The van der Waals surface area contributed by atoms with Crippen LogP contribution in [0.4, 0.5) is 0 Å². The number of carbonyl (C=O) groups excluding carboxylic acids is 3. The standard InChI is InChI=1S/C24H32N2O4S/c1-5-26-17(3)21(16(2)22(26)24(29)30-4)19(27)15-25(14-18-10-7-6-8-11-18)23(28)20-12-9-13-31-20/h9,12-13,18H,5-8,10-11,14-15H2,1-4H3. The quantitative estimate of drug-likeness (QED) is 0.430. The van der Waals surface area contributed by atoms with Crippen molar-refractivity contribution in [3.63, 3.8) is 0 Å². The summed E-state index contributed by atoms with van der Waals surface area (Å²) in [5, 5.41) is 1.88. The highest BCUT2D eigenvalue weighted by Crippen LogP contribution is 2.27. The first-order chi connectivity index (χ1) is 14.9. The number of rotatable bonds is 8. The minimum atomic E-state index is -0.449. The fourth-order valence-electron chi connectivity index (χ4n) is 4.77. The zero-order valence-corrected chi connectivity index (χ0v) is 19.7. The molecule has 1 aliphatic rings. The van der Waals surface area contributed by atoms with Crippen molar-refractivity contribution in [2.45, 2.75) is 59.4 Å². The lowest BCUT2D eigenvalue weighted by Gasteiger charge is -2.29. The van der Waals surface area contributed by atoms with Crippen LogP contribution in [0.15, 0.2) is 17.5 Å². The first kappa shape index (κ1) is 23.3. The third-order valence-electron chi connectivity index (χ3n) is 6.30. The van der Waals surface area contributed by atoms with Crippen molar-refractivity contribution in [3.8, 4) is 0 Å². The highest BCUT2D eigenvalue weighted by Gasteiger charge is 2.30. The van der Waals surface area contributed by atoms with Gasteiger partial charge in [0.05, 0.1) is 18.5 Å². The van der Waals surface area contributed by atoms with Gasteiger partial charge in [-0.25, -0.2) is 4.79 Å². The summed E-state index contributed by atoms with van der Waals surface area (Å²) in [6.07, 6.45) is 5.80. The average molecular weight is 445 g/mol. The van der Waals surface area contributed by atoms with E-state index in [4.69, 9.17) is 4.74 Å². The molecule has 7 heteroatoms. The van der Waals surface area contributed by atoms with E-state index in [2.05, 4.69) is 0 Å². The Balaban J connectivity index is 1.90. The number of amides is 1. The minimum absolute atomic E-state index is 0.0171. The van der Waals surface area contributed by atoms with Crippen molar-refractivity contribution >= 4 is 29.0 Å². The van der Waals surface area contributed by atoms with Gasteiger partial charge in [-0.3, -0.25) is 9.59 Å². The van der Waals surface area contributed by atoms with Crippen molar-refractivity contribution in [2.24, 2.45) is 5.92 Å². The highest BCUT2D eigenvalue weighted by molar-refractivity contribution is 7.12. The van der Waals surface area contributed by atoms with Gasteiger partial charge in [-0.05, 0) is 56.5 Å². The van der Waals surface area contributed by atoms with Crippen molar-refractivity contribution in [1.82, 2.24) is 9.47 Å². The number of Topliss-reactive ketones (excluding diaryl/α,β-unsaturated/α-hetero) is 1. The number of ether oxygens (including phenoxy) is 1. The van der Waals surface area contributed by atoms with E-state index in [1.54, 1.807) is 11.8 Å². The Bertz CT molecular complexity index is 939. The molecule has 0 radical (unpaired) electrons. The van der Waals surface area contributed by atoms with Crippen LogP contribution in [0, 0.1) is 19.8 Å². The molecule has 0 aromatic carbocycles. The van der Waals surface area contributed by atoms with Crippen LogP contribution in [0.2, 0.25) is 0 Å². The molecular weight excluding hydrogens is 412 g/mol. The SMILES string of the molecule is CCn1c(C)c(C(=O)CN(CC2CCCCC2)C(=O)c2cccs2)c(C)c1C(=O)OC. The zero-order valence-electron chi connectivity index (χ0n) is 18.9. The molecule has 0 saturated heterocycles. The predicted octanol–water partition coefficient (Wildman–Crippen LogP) is 4.88. The van der Waals surface area contributed by atoms with E-state index in [0.29, 0.717) is 40.7 Å². The van der Waals surface area contributed by atoms with Gasteiger partial charge < -0.3 is 14.2 Å². The molecule has 2 aromatic rings. The zero-order chi connectivity index (χ0) is 22.5. The van der Waals surface area contributed by atoms with E-state index in [1.807, 2.05) is 35.9 Å². The van der Waals surface area contributed by atoms with Crippen LogP contribution in [0.3, 0.4) is 0 Å². The Labute approximate surface area is 188 Å². The number of methoxy groups -OCH3 is 1. The molecule has 1 fully saturated rings. The monoisotopic (exact) mass is 444 g/mol. The lowest BCUT2D eigenvalue weighted by molar-refractivity contribution is 0.0587. The Morgan fingerprint density at radius 1 is 1.19 bits per heavy atom. The van der Waals surface area contributed by atoms with Gasteiger partial charge in [0, 0.05) is 24.3 Å². The number of ketones is 1. The molecule has 3 rings (SSSR count). The number of hydrogen-bond donors (Lipinski definition) is 0. The normalized spacial score (nSPS) is 14.5. The number of aromatic nitrogens is 1. The number of thiophene rings is 1. The van der Waals surface area contributed by atoms with Gasteiger partial charge in [-0.1, -0.05) is 25.3 Å². The Hall–Kier alpha value is -2.41. The molecule has 2 aromatic heterocycles. The van der Waals surface area contributed by atoms with Gasteiger partial charge in [-0.2, -0.15) is 0 Å². The average Bonchev–Trinajstić information content (AvgIpc) is 3.39. The number of nitrogens with zero attached hydrogens (tertiary/aromatic N) is 2. The van der Waals surface area contributed by atoms with Gasteiger partial charge in [0.1, 0.15) is 5.69 Å². The van der Waals surface area contributed by atoms with E-state index in [0.717, 1.165) is 18.5 Å². The molecule has 0 spiro atoms. The number of esters is 1. The first-order valence-corrected chi connectivity index (χ1v) is 11.9. The van der Waals surface area contributed by atoms with E-state index in [1.165, 1.54) is 37.7 Å². The molecule has 2 heterocycles. The van der Waals surface area contributed by atoms with Crippen LogP contribution in [0.5, 0.6) is 0 Å². The summed E-state index contributed by atoms with van der Waals surface area (Å²) in [4.78, 5) is 41.3. The number of hydrogen-bond acceptors (Lipinski definition) is 5. The highest BCUT2D eigenvalue weighted by atomic mass is 32.1. The molecule has 0 bridgehead atoms. The molecule has 6 nitrogen and oxygen atoms in total. The molecule has 0 atom stereocenters. The fraction of sp³-hybridized carbons (Fsp3) is 0.542. The Morgan fingerprint density at radius 2 is 1.90 bits per heavy atom. The summed E-state index contributed by atoms with van der Waals surface area (Å²) in [5.74, 6) is -0.242. The van der Waals surface area contributed by atoms with Gasteiger partial charge in [-0.15, -0.1) is 11.3 Å². The van der Waals surface area contributed by atoms with Gasteiger partial charge in [0.25, 0.3) is 5.91 Å². The van der Waals surface area contributed by atoms with Crippen molar-refractivity contribution in [1.29, 1.82) is 0 Å². The van der Waals surface area contributed by atoms with Gasteiger partial charge in [0.15, 0.2) is 5.78 Å². The van der Waals surface area contributed by atoms with Crippen LogP contribution in [0.1, 0.15) is 80.8 Å². The van der Waals surface area contributed by atoms with E-state index >= 15 is 0 Å². The minimum Gasteiger partial charge on any atom is -0.464 e. The molecular formula is C24H32N2O4S. The third kappa shape index (κ3) is 4.92. The summed E-state index contributed by atoms with van der Waals surface area (Å²) in [6, 6.07) is 3.67. The lowest BCUT2D eigenvalue weighted by Crippen LogP contribution is -2.39. The van der Waals surface area contributed by atoms with E-state index in [9.17, 15) is 14.4 Å². The summed E-state index contributed by atoms with van der Waals surface area (Å²) in [7, 11) is 1.34. The maximum atomic E-state index is 13.4. The van der Waals surface area contributed by atoms with Crippen molar-refractivity contribution < 1.29 is 19.1 Å². The maximum absolute atomic E-state index is 13.4. The second-order valence-electron chi connectivity index (χ2n) is 8.26. The van der Waals surface area contributed by atoms with Crippen molar-refractivity contribution in [2.75, 3.05) is 20.2 Å². The van der Waals surface area contributed by atoms with Crippen LogP contribution in [-0.4, -0.2) is 47.3 Å². The van der Waals surface area contributed by atoms with Crippen LogP contribution >= 0.6 is 11.3 Å². The molecule has 0 aliphatic heterocycles. The van der Waals surface area contributed by atoms with Crippen LogP contribution in [-0.2, 0) is 11.3 Å². The largest absolute Gasteiger partial charge is 0.464 e. The smallest absolute Gasteiger partial charge is 0.354 e. The summed E-state index contributed by atoms with van der Waals surface area (Å²) < 4.78 is 6.76. The molecule has 168 valence electrons. The summed E-state index contributed by atoms with van der Waals surface area (Å²) in [5.41, 5.74) is 2.30. The van der Waals surface area contributed by atoms with Gasteiger partial charge in [0.2, 0.25) is 0 Å². The van der Waals surface area contributed by atoms with E-state index in [-0.39, 0.29) is 18.2 Å². The fourth-order valence-corrected chi connectivity index (χ4v) is 5.46. The van der Waals surface area contributed by atoms with Crippen LogP contribution in [0.25, 0.3) is 0 Å².